The molecule has 0 saturated carbocycles. The maximum absolute atomic E-state index is 12.4. The number of benzene rings is 2. The third-order valence-corrected chi connectivity index (χ3v) is 5.02. The number of aromatic nitrogens is 2. The van der Waals surface area contributed by atoms with Gasteiger partial charge in [0.1, 0.15) is 24.8 Å². The molecule has 0 bridgehead atoms. The van der Waals surface area contributed by atoms with Gasteiger partial charge in [-0.2, -0.15) is 0 Å². The van der Waals surface area contributed by atoms with Gasteiger partial charge in [-0.25, -0.2) is 14.8 Å². The van der Waals surface area contributed by atoms with Crippen molar-refractivity contribution in [3.63, 3.8) is 0 Å². The van der Waals surface area contributed by atoms with Gasteiger partial charge in [0.25, 0.3) is 0 Å². The highest BCUT2D eigenvalue weighted by Gasteiger charge is 2.19. The van der Waals surface area contributed by atoms with Crippen LogP contribution in [-0.2, 0) is 30.3 Å². The number of carbonyl (C=O) groups is 3. The first-order valence-electron chi connectivity index (χ1n) is 11.1. The minimum absolute atomic E-state index is 0.0268. The van der Waals surface area contributed by atoms with E-state index in [2.05, 4.69) is 15.3 Å². The van der Waals surface area contributed by atoms with Crippen molar-refractivity contribution in [1.29, 1.82) is 0 Å². The molecule has 0 aliphatic rings. The van der Waals surface area contributed by atoms with Gasteiger partial charge >= 0.3 is 18.0 Å². The number of para-hydroxylation sites is 1. The molecular formula is C25H28N4O7. The molecule has 1 N–H and O–H groups in total. The van der Waals surface area contributed by atoms with Crippen LogP contribution >= 0.6 is 0 Å². The first kappa shape index (κ1) is 26.2. The first-order valence-corrected chi connectivity index (χ1v) is 11.1. The zero-order valence-corrected chi connectivity index (χ0v) is 20.5. The Labute approximate surface area is 208 Å². The quantitative estimate of drug-likeness (QED) is 0.330. The lowest BCUT2D eigenvalue weighted by molar-refractivity contribution is -0.149. The van der Waals surface area contributed by atoms with Crippen molar-refractivity contribution in [1.82, 2.24) is 15.3 Å². The molecule has 11 nitrogen and oxygen atoms in total. The summed E-state index contributed by atoms with van der Waals surface area (Å²) in [6, 6.07) is 15.1. The molecular weight excluding hydrogens is 468 g/mol. The van der Waals surface area contributed by atoms with Gasteiger partial charge in [0.05, 0.1) is 19.2 Å². The van der Waals surface area contributed by atoms with Crippen molar-refractivity contribution in [2.75, 3.05) is 32.3 Å². The predicted octanol–water partition coefficient (Wildman–Crippen LogP) is 3.13. The Morgan fingerprint density at radius 2 is 1.58 bits per heavy atom. The van der Waals surface area contributed by atoms with E-state index in [0.29, 0.717) is 17.2 Å². The smallest absolute Gasteiger partial charge is 0.408 e. The Kier molecular flexibility index (Phi) is 8.98. The largest absolute Gasteiger partial charge is 0.497 e. The highest BCUT2D eigenvalue weighted by atomic mass is 16.6. The number of amides is 1. The number of anilines is 2. The fourth-order valence-electron chi connectivity index (χ4n) is 3.25. The highest BCUT2D eigenvalue weighted by molar-refractivity contribution is 5.91. The van der Waals surface area contributed by atoms with Gasteiger partial charge < -0.3 is 29.2 Å². The molecule has 190 valence electrons. The molecule has 0 spiro atoms. The maximum Gasteiger partial charge on any atom is 0.408 e. The van der Waals surface area contributed by atoms with Crippen LogP contribution in [0.4, 0.5) is 16.3 Å². The van der Waals surface area contributed by atoms with Crippen LogP contribution in [0.25, 0.3) is 10.9 Å². The third-order valence-electron chi connectivity index (χ3n) is 5.02. The lowest BCUT2D eigenvalue weighted by atomic mass is 10.2. The number of alkyl carbamates (subject to hydrolysis) is 1. The number of fused-ring (bicyclic) bond motifs is 1. The summed E-state index contributed by atoms with van der Waals surface area (Å²) in [7, 11) is 3.49. The number of hydrogen-bond donors (Lipinski definition) is 1. The van der Waals surface area contributed by atoms with Crippen molar-refractivity contribution in [2.45, 2.75) is 26.5 Å². The van der Waals surface area contributed by atoms with E-state index in [4.69, 9.17) is 18.9 Å². The van der Waals surface area contributed by atoms with Crippen LogP contribution in [0.15, 0.2) is 48.5 Å². The summed E-state index contributed by atoms with van der Waals surface area (Å²) in [5.41, 5.74) is 1.59. The van der Waals surface area contributed by atoms with Crippen LogP contribution in [0, 0.1) is 0 Å². The van der Waals surface area contributed by atoms with E-state index in [1.54, 1.807) is 7.11 Å². The molecule has 1 amide bonds. The van der Waals surface area contributed by atoms with Crippen LogP contribution in [0.1, 0.15) is 19.7 Å². The molecule has 0 aliphatic carbocycles. The Hall–Kier alpha value is -4.41. The number of hydrogen-bond acceptors (Lipinski definition) is 10. The second-order valence-electron chi connectivity index (χ2n) is 7.72. The highest BCUT2D eigenvalue weighted by Crippen LogP contribution is 2.29. The SMILES string of the molecule is COc1ccc(N(C)c2nc(CNC(=O)OC(COC(C)=O)COC(C)=O)nc3ccccc23)cc1. The summed E-state index contributed by atoms with van der Waals surface area (Å²) in [6.45, 7) is 1.92. The van der Waals surface area contributed by atoms with Crippen LogP contribution in [0.2, 0.25) is 0 Å². The number of nitrogens with zero attached hydrogens (tertiary/aromatic N) is 3. The molecule has 0 aliphatic heterocycles. The average Bonchev–Trinajstić information content (AvgIpc) is 2.88. The molecule has 0 radical (unpaired) electrons. The van der Waals surface area contributed by atoms with Crippen molar-refractivity contribution >= 4 is 40.4 Å². The second kappa shape index (κ2) is 12.3. The molecule has 0 saturated heterocycles. The summed E-state index contributed by atoms with van der Waals surface area (Å²) in [6.07, 6.45) is -1.77. The van der Waals surface area contributed by atoms with Gasteiger partial charge in [-0.1, -0.05) is 12.1 Å². The van der Waals surface area contributed by atoms with Crippen LogP contribution < -0.4 is 15.0 Å². The minimum Gasteiger partial charge on any atom is -0.497 e. The Morgan fingerprint density at radius 1 is 0.944 bits per heavy atom. The minimum atomic E-state index is -0.966. The monoisotopic (exact) mass is 496 g/mol. The van der Waals surface area contributed by atoms with Gasteiger partial charge in [0.2, 0.25) is 0 Å². The molecule has 36 heavy (non-hydrogen) atoms. The molecule has 3 aromatic rings. The van der Waals surface area contributed by atoms with Crippen molar-refractivity contribution in [3.05, 3.63) is 54.4 Å². The van der Waals surface area contributed by atoms with E-state index in [1.165, 1.54) is 13.8 Å². The molecule has 1 aromatic heterocycles. The molecule has 1 heterocycles. The normalized spacial score (nSPS) is 10.6. The lowest BCUT2D eigenvalue weighted by Gasteiger charge is -2.21. The van der Waals surface area contributed by atoms with Crippen LogP contribution in [0.5, 0.6) is 5.75 Å². The Morgan fingerprint density at radius 3 is 2.19 bits per heavy atom. The molecule has 11 heteroatoms. The maximum atomic E-state index is 12.4. The zero-order valence-electron chi connectivity index (χ0n) is 20.5. The van der Waals surface area contributed by atoms with Crippen molar-refractivity contribution in [2.24, 2.45) is 0 Å². The van der Waals surface area contributed by atoms with Gasteiger partial charge in [-0.05, 0) is 36.4 Å². The Bertz CT molecular complexity index is 1200. The summed E-state index contributed by atoms with van der Waals surface area (Å²) in [5, 5.41) is 3.43. The number of nitrogens with one attached hydrogen (secondary N) is 1. The second-order valence-corrected chi connectivity index (χ2v) is 7.72. The van der Waals surface area contributed by atoms with E-state index in [9.17, 15) is 14.4 Å². The number of esters is 2. The van der Waals surface area contributed by atoms with E-state index < -0.39 is 24.1 Å². The number of ether oxygens (including phenoxy) is 4. The standard InChI is InChI=1S/C25H28N4O7/c1-16(30)34-14-20(15-35-17(2)31)36-25(32)26-13-23-27-22-8-6-5-7-21(22)24(28-23)29(3)18-9-11-19(33-4)12-10-18/h5-12,20H,13-15H2,1-4H3,(H,26,32). The predicted molar refractivity (Wildman–Crippen MR) is 131 cm³/mol. The van der Waals surface area contributed by atoms with Crippen molar-refractivity contribution in [3.8, 4) is 5.75 Å². The van der Waals surface area contributed by atoms with Gasteiger partial charge in [0.15, 0.2) is 11.9 Å². The summed E-state index contributed by atoms with van der Waals surface area (Å²) >= 11 is 0. The molecule has 0 unspecified atom stereocenters. The van der Waals surface area contributed by atoms with E-state index >= 15 is 0 Å². The summed E-state index contributed by atoms with van der Waals surface area (Å²) < 4.78 is 20.2. The number of methoxy groups -OCH3 is 1. The third kappa shape index (κ3) is 7.29. The fourth-order valence-corrected chi connectivity index (χ4v) is 3.25. The number of rotatable bonds is 10. The summed E-state index contributed by atoms with van der Waals surface area (Å²) in [4.78, 5) is 45.7. The van der Waals surface area contributed by atoms with Crippen LogP contribution in [0.3, 0.4) is 0 Å². The molecule has 0 fully saturated rings. The van der Waals surface area contributed by atoms with Crippen LogP contribution in [-0.4, -0.2) is 61.5 Å². The van der Waals surface area contributed by atoms with E-state index in [0.717, 1.165) is 16.8 Å². The molecule has 2 aromatic carbocycles. The first-order chi connectivity index (χ1) is 17.3. The van der Waals surface area contributed by atoms with E-state index in [-0.39, 0.29) is 19.8 Å². The average molecular weight is 497 g/mol. The summed E-state index contributed by atoms with van der Waals surface area (Å²) in [5.74, 6) is 0.648. The molecule has 0 atom stereocenters. The zero-order chi connectivity index (χ0) is 26.1. The van der Waals surface area contributed by atoms with Gasteiger partial charge in [0, 0.05) is 32.0 Å². The Balaban J connectivity index is 1.75. The topological polar surface area (TPSA) is 129 Å². The van der Waals surface area contributed by atoms with E-state index in [1.807, 2.05) is 60.5 Å². The number of carbonyl (C=O) groups excluding carboxylic acids is 3. The lowest BCUT2D eigenvalue weighted by Crippen LogP contribution is -2.35. The van der Waals surface area contributed by atoms with Gasteiger partial charge in [-0.3, -0.25) is 9.59 Å². The fraction of sp³-hybridized carbons (Fsp3) is 0.320. The van der Waals surface area contributed by atoms with Crippen molar-refractivity contribution < 1.29 is 33.3 Å². The molecule has 3 rings (SSSR count). The van der Waals surface area contributed by atoms with Gasteiger partial charge in [-0.15, -0.1) is 0 Å².